The van der Waals surface area contributed by atoms with Gasteiger partial charge < -0.3 is 5.32 Å². The highest BCUT2D eigenvalue weighted by Crippen LogP contribution is 2.31. The lowest BCUT2D eigenvalue weighted by Gasteiger charge is -2.20. The zero-order chi connectivity index (χ0) is 13.9. The van der Waals surface area contributed by atoms with E-state index >= 15 is 0 Å². The Labute approximate surface area is 117 Å². The average molecular weight is 266 g/mol. The van der Waals surface area contributed by atoms with Gasteiger partial charge in [-0.2, -0.15) is 5.26 Å². The predicted octanol–water partition coefficient (Wildman–Crippen LogP) is 4.32. The minimum Gasteiger partial charge on any atom is -0.354 e. The van der Waals surface area contributed by atoms with E-state index < -0.39 is 5.82 Å². The fourth-order valence-electron chi connectivity index (χ4n) is 2.79. The Balaban J connectivity index is 2.01. The molecule has 0 bridgehead atoms. The zero-order valence-electron chi connectivity index (χ0n) is 11.1. The van der Waals surface area contributed by atoms with Crippen LogP contribution in [0.1, 0.15) is 29.5 Å². The second kappa shape index (κ2) is 5.34. The van der Waals surface area contributed by atoms with E-state index in [1.165, 1.54) is 30.0 Å². The molecule has 0 unspecified atom stereocenters. The van der Waals surface area contributed by atoms with E-state index in [2.05, 4.69) is 11.4 Å². The molecule has 3 heteroatoms. The number of nitrogens with zero attached hydrogens (tertiary/aromatic N) is 1. The lowest BCUT2D eigenvalue weighted by Crippen LogP contribution is -2.06. The van der Waals surface area contributed by atoms with Gasteiger partial charge >= 0.3 is 0 Å². The highest BCUT2D eigenvalue weighted by molar-refractivity contribution is 5.70. The van der Waals surface area contributed by atoms with Crippen molar-refractivity contribution < 1.29 is 4.39 Å². The van der Waals surface area contributed by atoms with Crippen LogP contribution in [0, 0.1) is 17.1 Å². The molecule has 0 amide bonds. The molecular formula is C17H15FN2. The quantitative estimate of drug-likeness (QED) is 0.878. The lowest BCUT2D eigenvalue weighted by atomic mass is 9.90. The van der Waals surface area contributed by atoms with Gasteiger partial charge in [0.2, 0.25) is 0 Å². The maximum absolute atomic E-state index is 13.6. The number of nitriles is 1. The molecule has 0 saturated carbocycles. The molecule has 0 heterocycles. The zero-order valence-corrected chi connectivity index (χ0v) is 11.1. The standard InChI is InChI=1S/C17H15FN2/c18-15-8-4-10-17(14(15)11-19)20-16-9-3-6-12-5-1-2-7-13(12)16/h3-4,6,8-10,20H,1-2,5,7H2. The van der Waals surface area contributed by atoms with Crippen LogP contribution in [0.3, 0.4) is 0 Å². The molecule has 2 aromatic carbocycles. The van der Waals surface area contributed by atoms with Crippen LogP contribution in [0.2, 0.25) is 0 Å². The van der Waals surface area contributed by atoms with E-state index in [0.717, 1.165) is 18.5 Å². The topological polar surface area (TPSA) is 35.8 Å². The maximum Gasteiger partial charge on any atom is 0.143 e. The first kappa shape index (κ1) is 12.7. The Bertz CT molecular complexity index is 686. The first-order chi connectivity index (χ1) is 9.79. The molecule has 100 valence electrons. The first-order valence-electron chi connectivity index (χ1n) is 6.86. The maximum atomic E-state index is 13.6. The van der Waals surface area contributed by atoms with Crippen molar-refractivity contribution in [3.05, 3.63) is 58.9 Å². The van der Waals surface area contributed by atoms with E-state index in [1.807, 2.05) is 18.2 Å². The SMILES string of the molecule is N#Cc1c(F)cccc1Nc1cccc2c1CCCC2. The molecule has 0 aromatic heterocycles. The molecule has 20 heavy (non-hydrogen) atoms. The number of anilines is 2. The molecule has 3 rings (SSSR count). The van der Waals surface area contributed by atoms with Gasteiger partial charge in [0.1, 0.15) is 17.4 Å². The fourth-order valence-corrected chi connectivity index (χ4v) is 2.79. The number of benzene rings is 2. The van der Waals surface area contributed by atoms with Gasteiger partial charge in [-0.1, -0.05) is 18.2 Å². The van der Waals surface area contributed by atoms with Crippen LogP contribution >= 0.6 is 0 Å². The predicted molar refractivity (Wildman–Crippen MR) is 77.5 cm³/mol. The summed E-state index contributed by atoms with van der Waals surface area (Å²) in [5.74, 6) is -0.484. The van der Waals surface area contributed by atoms with Gasteiger partial charge in [-0.05, 0) is 55.0 Å². The Morgan fingerprint density at radius 1 is 1.00 bits per heavy atom. The third kappa shape index (κ3) is 2.25. The van der Waals surface area contributed by atoms with Gasteiger partial charge in [0.15, 0.2) is 0 Å². The number of hydrogen-bond acceptors (Lipinski definition) is 2. The third-order valence-corrected chi connectivity index (χ3v) is 3.79. The van der Waals surface area contributed by atoms with Gasteiger partial charge in [0, 0.05) is 5.69 Å². The monoisotopic (exact) mass is 266 g/mol. The molecule has 0 saturated heterocycles. The first-order valence-corrected chi connectivity index (χ1v) is 6.86. The van der Waals surface area contributed by atoms with Crippen molar-refractivity contribution in [3.8, 4) is 6.07 Å². The summed E-state index contributed by atoms with van der Waals surface area (Å²) >= 11 is 0. The number of aryl methyl sites for hydroxylation is 1. The van der Waals surface area contributed by atoms with Crippen LogP contribution in [-0.4, -0.2) is 0 Å². The van der Waals surface area contributed by atoms with E-state index in [0.29, 0.717) is 5.69 Å². The Morgan fingerprint density at radius 2 is 1.75 bits per heavy atom. The number of halogens is 1. The lowest BCUT2D eigenvalue weighted by molar-refractivity contribution is 0.624. The summed E-state index contributed by atoms with van der Waals surface area (Å²) in [5, 5.41) is 12.3. The van der Waals surface area contributed by atoms with Crippen LogP contribution in [0.5, 0.6) is 0 Å². The van der Waals surface area contributed by atoms with Crippen LogP contribution in [0.15, 0.2) is 36.4 Å². The molecule has 1 aliphatic carbocycles. The molecule has 1 aliphatic rings. The minimum absolute atomic E-state index is 0.0703. The number of fused-ring (bicyclic) bond motifs is 1. The summed E-state index contributed by atoms with van der Waals surface area (Å²) in [4.78, 5) is 0. The molecule has 0 fully saturated rings. The van der Waals surface area contributed by atoms with Crippen molar-refractivity contribution in [1.29, 1.82) is 5.26 Å². The molecule has 0 aliphatic heterocycles. The van der Waals surface area contributed by atoms with Crippen molar-refractivity contribution in [2.24, 2.45) is 0 Å². The van der Waals surface area contributed by atoms with E-state index in [9.17, 15) is 4.39 Å². The summed E-state index contributed by atoms with van der Waals surface area (Å²) in [6.45, 7) is 0. The second-order valence-corrected chi connectivity index (χ2v) is 5.05. The number of nitrogens with one attached hydrogen (secondary N) is 1. The second-order valence-electron chi connectivity index (χ2n) is 5.05. The summed E-state index contributed by atoms with van der Waals surface area (Å²) in [7, 11) is 0. The van der Waals surface area contributed by atoms with E-state index in [4.69, 9.17) is 5.26 Å². The molecule has 0 radical (unpaired) electrons. The summed E-state index contributed by atoms with van der Waals surface area (Å²) < 4.78 is 13.6. The van der Waals surface area contributed by atoms with Crippen LogP contribution in [0.25, 0.3) is 0 Å². The highest BCUT2D eigenvalue weighted by Gasteiger charge is 2.14. The normalized spacial score (nSPS) is 13.4. The van der Waals surface area contributed by atoms with E-state index in [1.54, 1.807) is 12.1 Å². The van der Waals surface area contributed by atoms with Gasteiger partial charge in [0.05, 0.1) is 5.69 Å². The Hall–Kier alpha value is -2.34. The molecule has 2 nitrogen and oxygen atoms in total. The van der Waals surface area contributed by atoms with Crippen LogP contribution < -0.4 is 5.32 Å². The molecule has 1 N–H and O–H groups in total. The van der Waals surface area contributed by atoms with Gasteiger partial charge in [0.25, 0.3) is 0 Å². The fraction of sp³-hybridized carbons (Fsp3) is 0.235. The van der Waals surface area contributed by atoms with Crippen molar-refractivity contribution in [1.82, 2.24) is 0 Å². The number of rotatable bonds is 2. The molecule has 0 atom stereocenters. The largest absolute Gasteiger partial charge is 0.354 e. The smallest absolute Gasteiger partial charge is 0.143 e. The third-order valence-electron chi connectivity index (χ3n) is 3.79. The Kier molecular flexibility index (Phi) is 3.39. The van der Waals surface area contributed by atoms with Crippen molar-refractivity contribution in [3.63, 3.8) is 0 Å². The van der Waals surface area contributed by atoms with E-state index in [-0.39, 0.29) is 5.56 Å². The number of hydrogen-bond donors (Lipinski definition) is 1. The molecule has 0 spiro atoms. The van der Waals surface area contributed by atoms with Crippen LogP contribution in [0.4, 0.5) is 15.8 Å². The summed E-state index contributed by atoms with van der Waals surface area (Å²) in [5.41, 5.74) is 4.25. The van der Waals surface area contributed by atoms with Gasteiger partial charge in [-0.15, -0.1) is 0 Å². The van der Waals surface area contributed by atoms with Crippen molar-refractivity contribution in [2.45, 2.75) is 25.7 Å². The minimum atomic E-state index is -0.484. The van der Waals surface area contributed by atoms with Crippen molar-refractivity contribution >= 4 is 11.4 Å². The summed E-state index contributed by atoms with van der Waals surface area (Å²) in [6.07, 6.45) is 4.54. The molecule has 2 aromatic rings. The summed E-state index contributed by atoms with van der Waals surface area (Å²) in [6, 6.07) is 12.8. The van der Waals surface area contributed by atoms with Gasteiger partial charge in [-0.3, -0.25) is 0 Å². The Morgan fingerprint density at radius 3 is 2.60 bits per heavy atom. The van der Waals surface area contributed by atoms with Crippen molar-refractivity contribution in [2.75, 3.05) is 5.32 Å². The average Bonchev–Trinajstić information content (AvgIpc) is 2.48. The van der Waals surface area contributed by atoms with Gasteiger partial charge in [-0.25, -0.2) is 4.39 Å². The van der Waals surface area contributed by atoms with Crippen LogP contribution in [-0.2, 0) is 12.8 Å². The molecular weight excluding hydrogens is 251 g/mol. The highest BCUT2D eigenvalue weighted by atomic mass is 19.1.